The van der Waals surface area contributed by atoms with Gasteiger partial charge in [-0.05, 0) is 11.6 Å². The number of carbonyl (C=O) groups is 3. The molecule has 4 aromatic rings. The van der Waals surface area contributed by atoms with Gasteiger partial charge in [-0.25, -0.2) is 4.98 Å². The Morgan fingerprint density at radius 3 is 2.49 bits per heavy atom. The third-order valence-corrected chi connectivity index (χ3v) is 8.56. The first kappa shape index (κ1) is 32.4. The lowest BCUT2D eigenvalue weighted by molar-refractivity contribution is -0.212. The number of benzene rings is 1. The summed E-state index contributed by atoms with van der Waals surface area (Å²) in [5.74, 6) is -1.74. The van der Waals surface area contributed by atoms with Crippen molar-refractivity contribution in [1.29, 1.82) is 0 Å². The number of hydrogen-bond donors (Lipinski definition) is 0. The minimum absolute atomic E-state index is 0.232. The van der Waals surface area contributed by atoms with Gasteiger partial charge in [-0.2, -0.15) is 5.10 Å². The Morgan fingerprint density at radius 2 is 1.78 bits per heavy atom. The summed E-state index contributed by atoms with van der Waals surface area (Å²) in [7, 11) is 0. The number of carbonyl (C=O) groups excluding carboxylic acids is 3. The number of esters is 3. The predicted molar refractivity (Wildman–Crippen MR) is 165 cm³/mol. The normalized spacial score (nSPS) is 21.1. The molecule has 1 aliphatic heterocycles. The summed E-state index contributed by atoms with van der Waals surface area (Å²) in [5.41, 5.74) is 1.41. The number of ether oxygens (including phenoxy) is 5. The quantitative estimate of drug-likeness (QED) is 0.154. The Balaban J connectivity index is 1.48. The van der Waals surface area contributed by atoms with Gasteiger partial charge in [-0.1, -0.05) is 65.0 Å². The Labute approximate surface area is 272 Å². The molecule has 1 aromatic carbocycles. The second-order valence-corrected chi connectivity index (χ2v) is 12.4. The maximum Gasteiger partial charge on any atom is 0.303 e. The molecule has 0 saturated carbocycles. The first-order valence-corrected chi connectivity index (χ1v) is 15.9. The van der Waals surface area contributed by atoms with E-state index in [0.717, 1.165) is 5.56 Å². The molecule has 45 heavy (non-hydrogen) atoms. The fraction of sp³-hybridized carbons (Fsp3) is 0.333. The van der Waals surface area contributed by atoms with Crippen LogP contribution in [0.4, 0.5) is 0 Å². The summed E-state index contributed by atoms with van der Waals surface area (Å²) in [5, 5.41) is 7.29. The molecule has 0 aliphatic carbocycles. The minimum atomic E-state index is -1.06. The molecule has 15 heteroatoms. The number of halogens is 1. The van der Waals surface area contributed by atoms with E-state index in [2.05, 4.69) is 15.1 Å². The molecule has 0 N–H and O–H groups in total. The second kappa shape index (κ2) is 14.9. The molecule has 12 nitrogen and oxygen atoms in total. The van der Waals surface area contributed by atoms with Gasteiger partial charge in [0, 0.05) is 55.2 Å². The number of thiazole rings is 1. The molecule has 1 saturated heterocycles. The van der Waals surface area contributed by atoms with Crippen LogP contribution in [-0.4, -0.2) is 68.0 Å². The van der Waals surface area contributed by atoms with Gasteiger partial charge in [0.1, 0.15) is 30.8 Å². The number of pyridine rings is 1. The number of thioether (sulfide) groups is 1. The molecular formula is C30H29ClN4O8S2. The van der Waals surface area contributed by atoms with Crippen molar-refractivity contribution in [2.24, 2.45) is 0 Å². The van der Waals surface area contributed by atoms with E-state index in [1.807, 2.05) is 35.7 Å². The van der Waals surface area contributed by atoms with Crippen molar-refractivity contribution in [3.8, 4) is 16.5 Å². The first-order chi connectivity index (χ1) is 21.7. The van der Waals surface area contributed by atoms with Gasteiger partial charge >= 0.3 is 17.9 Å². The molecule has 236 valence electrons. The van der Waals surface area contributed by atoms with E-state index in [-0.39, 0.29) is 6.61 Å². The summed E-state index contributed by atoms with van der Waals surface area (Å²) in [6, 6.07) is 10.5. The zero-order chi connectivity index (χ0) is 31.9. The van der Waals surface area contributed by atoms with Crippen LogP contribution in [0.1, 0.15) is 32.4 Å². The topological polar surface area (TPSA) is 141 Å². The van der Waals surface area contributed by atoms with Gasteiger partial charge in [-0.15, -0.1) is 0 Å². The highest BCUT2D eigenvalue weighted by Crippen LogP contribution is 2.42. The zero-order valence-corrected chi connectivity index (χ0v) is 26.8. The highest BCUT2D eigenvalue weighted by atomic mass is 35.5. The lowest BCUT2D eigenvalue weighted by Gasteiger charge is -2.44. The van der Waals surface area contributed by atoms with E-state index < -0.39 is 47.7 Å². The van der Waals surface area contributed by atoms with Gasteiger partial charge in [-0.3, -0.25) is 24.0 Å². The lowest BCUT2D eigenvalue weighted by atomic mass is 9.96. The van der Waals surface area contributed by atoms with E-state index >= 15 is 0 Å². The van der Waals surface area contributed by atoms with Crippen LogP contribution in [0.3, 0.4) is 0 Å². The molecule has 4 heterocycles. The fourth-order valence-electron chi connectivity index (χ4n) is 4.68. The molecule has 0 spiro atoms. The molecular weight excluding hydrogens is 644 g/mol. The molecule has 0 amide bonds. The Kier molecular flexibility index (Phi) is 10.7. The molecule has 0 bridgehead atoms. The predicted octanol–water partition coefficient (Wildman–Crippen LogP) is 5.12. The van der Waals surface area contributed by atoms with Crippen molar-refractivity contribution in [3.05, 3.63) is 77.2 Å². The molecule has 5 rings (SSSR count). The number of aromatic nitrogens is 4. The van der Waals surface area contributed by atoms with Crippen LogP contribution in [0.15, 0.2) is 71.5 Å². The van der Waals surface area contributed by atoms with Crippen LogP contribution in [0.25, 0.3) is 11.3 Å². The highest BCUT2D eigenvalue weighted by molar-refractivity contribution is 7.99. The fourth-order valence-corrected chi connectivity index (χ4v) is 6.73. The Bertz CT molecular complexity index is 1630. The number of rotatable bonds is 11. The van der Waals surface area contributed by atoms with E-state index in [1.54, 1.807) is 29.3 Å². The molecule has 0 radical (unpaired) electrons. The van der Waals surface area contributed by atoms with Crippen molar-refractivity contribution >= 4 is 52.6 Å². The van der Waals surface area contributed by atoms with Crippen LogP contribution in [0.5, 0.6) is 5.19 Å². The van der Waals surface area contributed by atoms with E-state index in [0.29, 0.717) is 33.0 Å². The summed E-state index contributed by atoms with van der Waals surface area (Å²) in [6.45, 7) is 3.92. The summed E-state index contributed by atoms with van der Waals surface area (Å²) >= 11 is 8.71. The minimum Gasteiger partial charge on any atom is -0.465 e. The van der Waals surface area contributed by atoms with Crippen molar-refractivity contribution in [2.75, 3.05) is 6.61 Å². The smallest absolute Gasteiger partial charge is 0.303 e. The second-order valence-electron chi connectivity index (χ2n) is 9.92. The molecule has 5 atom stereocenters. The average Bonchev–Trinajstić information content (AvgIpc) is 3.67. The SMILES string of the molecule is CC(=O)OCC1O[C@H](Sc2cncc(Cl)c2)C(OC(C)=O)C(n2cc(-c3csc(OCc4ccccc4)n3)cn2)[C@H]1OC(C)=O. The number of hydrogen-bond acceptors (Lipinski definition) is 13. The zero-order valence-electron chi connectivity index (χ0n) is 24.4. The van der Waals surface area contributed by atoms with Crippen LogP contribution in [0.2, 0.25) is 5.02 Å². The molecule has 3 aromatic heterocycles. The van der Waals surface area contributed by atoms with Gasteiger partial charge in [0.15, 0.2) is 12.2 Å². The molecule has 3 unspecified atom stereocenters. The van der Waals surface area contributed by atoms with E-state index in [4.69, 9.17) is 35.3 Å². The largest absolute Gasteiger partial charge is 0.465 e. The van der Waals surface area contributed by atoms with E-state index in [9.17, 15) is 14.4 Å². The standard InChI is InChI=1S/C30H29ClN4O8S2/c1-17(36)39-15-25-27(41-18(2)37)26(28(42-19(3)38)29(43-25)45-23-9-22(31)11-32-12-23)35-13-21(10-33-35)24-16-44-30(34-24)40-14-20-7-5-4-6-8-20/h4-13,16,25-29H,14-15H2,1-3H3/t25?,26?,27-,28?,29+/m0/s1. The van der Waals surface area contributed by atoms with E-state index in [1.165, 1.54) is 50.1 Å². The van der Waals surface area contributed by atoms with Gasteiger partial charge in [0.05, 0.1) is 16.9 Å². The third kappa shape index (κ3) is 8.60. The average molecular weight is 673 g/mol. The first-order valence-electron chi connectivity index (χ1n) is 13.7. The number of nitrogens with zero attached hydrogens (tertiary/aromatic N) is 4. The summed E-state index contributed by atoms with van der Waals surface area (Å²) < 4.78 is 30.6. The highest BCUT2D eigenvalue weighted by Gasteiger charge is 2.52. The monoisotopic (exact) mass is 672 g/mol. The maximum atomic E-state index is 12.4. The summed E-state index contributed by atoms with van der Waals surface area (Å²) in [6.07, 6.45) is 3.37. The van der Waals surface area contributed by atoms with Crippen LogP contribution < -0.4 is 4.74 Å². The maximum absolute atomic E-state index is 12.4. The van der Waals surface area contributed by atoms with Crippen LogP contribution in [0, 0.1) is 0 Å². The van der Waals surface area contributed by atoms with Crippen LogP contribution >= 0.6 is 34.7 Å². The van der Waals surface area contributed by atoms with Gasteiger partial charge in [0.2, 0.25) is 0 Å². The van der Waals surface area contributed by atoms with Crippen molar-refractivity contribution < 1.29 is 38.1 Å². The van der Waals surface area contributed by atoms with Crippen molar-refractivity contribution in [1.82, 2.24) is 19.7 Å². The van der Waals surface area contributed by atoms with Crippen molar-refractivity contribution in [3.63, 3.8) is 0 Å². The lowest BCUT2D eigenvalue weighted by Crippen LogP contribution is -2.57. The molecule has 1 fully saturated rings. The molecule has 1 aliphatic rings. The van der Waals surface area contributed by atoms with Gasteiger partial charge in [0.25, 0.3) is 5.19 Å². The Hall–Kier alpha value is -3.98. The van der Waals surface area contributed by atoms with Crippen molar-refractivity contribution in [2.45, 2.75) is 62.1 Å². The third-order valence-electron chi connectivity index (χ3n) is 6.49. The Morgan fingerprint density at radius 1 is 1.02 bits per heavy atom. The summed E-state index contributed by atoms with van der Waals surface area (Å²) in [4.78, 5) is 45.9. The van der Waals surface area contributed by atoms with Crippen LogP contribution in [-0.2, 0) is 39.9 Å². The van der Waals surface area contributed by atoms with Gasteiger partial charge < -0.3 is 23.7 Å².